The number of aliphatic carboxylic acids is 1. The maximum atomic E-state index is 13.6. The van der Waals surface area contributed by atoms with Gasteiger partial charge < -0.3 is 30.5 Å². The van der Waals surface area contributed by atoms with Crippen molar-refractivity contribution in [3.8, 4) is 5.75 Å². The third-order valence-corrected chi connectivity index (χ3v) is 8.54. The second-order valence-corrected chi connectivity index (χ2v) is 12.3. The molecule has 244 valence electrons. The predicted molar refractivity (Wildman–Crippen MR) is 168 cm³/mol. The Kier molecular flexibility index (Phi) is 11.7. The number of hydrogen-bond donors (Lipinski definition) is 4. The van der Waals surface area contributed by atoms with Gasteiger partial charge in [-0.15, -0.1) is 11.8 Å². The minimum atomic E-state index is -1.15. The Morgan fingerprint density at radius 1 is 0.935 bits per heavy atom. The van der Waals surface area contributed by atoms with Crippen LogP contribution in [0, 0.1) is 17.6 Å². The molecule has 3 amide bonds. The van der Waals surface area contributed by atoms with E-state index in [0.29, 0.717) is 17.0 Å². The standard InChI is InChI=1S/C33H35F2N3O7S/c1-19(2)15-26(33(43)44)37-28(40)16-36-29(41)17-45-25-13-5-21(6-14-25)30-31(32(42)38(30)24-11-9-23(35)10-12-24)46-18-27(39)20-3-7-22(34)8-4-20/h3-14,19,26-27,30-31,39H,15-18H2,1-2H3,(H,36,41)(H,37,40)(H,43,44)/t26-,27?,30-,31-/m1/s1. The number of thioether (sulfide) groups is 1. The first kappa shape index (κ1) is 34.4. The molecule has 3 aromatic carbocycles. The Bertz CT molecular complexity index is 1520. The molecule has 0 bridgehead atoms. The molecule has 46 heavy (non-hydrogen) atoms. The van der Waals surface area contributed by atoms with Gasteiger partial charge in [-0.25, -0.2) is 13.6 Å². The van der Waals surface area contributed by atoms with Crippen LogP contribution in [-0.4, -0.2) is 64.1 Å². The molecule has 1 aliphatic heterocycles. The summed E-state index contributed by atoms with van der Waals surface area (Å²) in [5.74, 6) is -2.87. The lowest BCUT2D eigenvalue weighted by atomic mass is 9.92. The van der Waals surface area contributed by atoms with E-state index >= 15 is 0 Å². The van der Waals surface area contributed by atoms with Gasteiger partial charge in [-0.05, 0) is 72.0 Å². The lowest BCUT2D eigenvalue weighted by Crippen LogP contribution is -2.57. The molecular weight excluding hydrogens is 620 g/mol. The number of halogens is 2. The summed E-state index contributed by atoms with van der Waals surface area (Å²) in [6.45, 7) is 2.86. The number of carboxylic acids is 1. The molecule has 4 N–H and O–H groups in total. The number of carboxylic acid groups (broad SMARTS) is 1. The van der Waals surface area contributed by atoms with Gasteiger partial charge in [-0.3, -0.25) is 14.4 Å². The van der Waals surface area contributed by atoms with E-state index in [-0.39, 0.29) is 24.0 Å². The summed E-state index contributed by atoms with van der Waals surface area (Å²) in [5.41, 5.74) is 1.77. The summed E-state index contributed by atoms with van der Waals surface area (Å²) in [5, 5.41) is 24.1. The molecule has 1 saturated heterocycles. The first-order valence-electron chi connectivity index (χ1n) is 14.6. The minimum absolute atomic E-state index is 0.0527. The number of carbonyl (C=O) groups is 4. The SMILES string of the molecule is CC(C)C[C@@H](NC(=O)CNC(=O)COc1ccc([C@@H]2[C@@H](SCC(O)c3ccc(F)cc3)C(=O)N2c2ccc(F)cc2)cc1)C(=O)O. The Morgan fingerprint density at radius 2 is 1.54 bits per heavy atom. The first-order valence-corrected chi connectivity index (χ1v) is 15.6. The van der Waals surface area contributed by atoms with Gasteiger partial charge in [0.1, 0.15) is 28.7 Å². The van der Waals surface area contributed by atoms with E-state index in [1.807, 2.05) is 13.8 Å². The van der Waals surface area contributed by atoms with Crippen LogP contribution in [0.25, 0.3) is 0 Å². The Hall–Kier alpha value is -4.49. The van der Waals surface area contributed by atoms with Gasteiger partial charge in [0, 0.05) is 11.4 Å². The predicted octanol–water partition coefficient (Wildman–Crippen LogP) is 4.00. The van der Waals surface area contributed by atoms with Crippen molar-refractivity contribution in [1.82, 2.24) is 10.6 Å². The van der Waals surface area contributed by atoms with Crippen molar-refractivity contribution in [2.24, 2.45) is 5.92 Å². The number of anilines is 1. The Balaban J connectivity index is 1.36. The molecule has 1 fully saturated rings. The molecule has 4 atom stereocenters. The molecule has 1 aliphatic rings. The molecule has 3 aromatic rings. The van der Waals surface area contributed by atoms with Gasteiger partial charge in [-0.2, -0.15) is 0 Å². The molecule has 0 aliphatic carbocycles. The largest absolute Gasteiger partial charge is 0.484 e. The fourth-order valence-electron chi connectivity index (χ4n) is 4.89. The van der Waals surface area contributed by atoms with Crippen molar-refractivity contribution < 1.29 is 42.9 Å². The van der Waals surface area contributed by atoms with Crippen molar-refractivity contribution in [2.45, 2.75) is 43.7 Å². The molecular formula is C33H35F2N3O7S. The van der Waals surface area contributed by atoms with Crippen LogP contribution < -0.4 is 20.3 Å². The quantitative estimate of drug-likeness (QED) is 0.180. The van der Waals surface area contributed by atoms with Gasteiger partial charge in [0.2, 0.25) is 11.8 Å². The van der Waals surface area contributed by atoms with Crippen molar-refractivity contribution in [3.05, 3.63) is 95.6 Å². The van der Waals surface area contributed by atoms with E-state index in [1.165, 1.54) is 60.3 Å². The molecule has 10 nitrogen and oxygen atoms in total. The fraction of sp³-hybridized carbons (Fsp3) is 0.333. The Labute approximate surface area is 269 Å². The summed E-state index contributed by atoms with van der Waals surface area (Å²) in [6, 6.07) is 16.2. The molecule has 13 heteroatoms. The molecule has 0 saturated carbocycles. The number of aliphatic hydroxyl groups excluding tert-OH is 1. The number of amides is 3. The van der Waals surface area contributed by atoms with Gasteiger partial charge in [0.05, 0.1) is 18.7 Å². The summed E-state index contributed by atoms with van der Waals surface area (Å²) >= 11 is 1.26. The molecule has 0 aromatic heterocycles. The Morgan fingerprint density at radius 3 is 2.13 bits per heavy atom. The van der Waals surface area contributed by atoms with E-state index < -0.39 is 66.0 Å². The van der Waals surface area contributed by atoms with Gasteiger partial charge in [0.15, 0.2) is 6.61 Å². The smallest absolute Gasteiger partial charge is 0.326 e. The van der Waals surface area contributed by atoms with Crippen molar-refractivity contribution in [2.75, 3.05) is 23.8 Å². The second kappa shape index (κ2) is 15.7. The van der Waals surface area contributed by atoms with Crippen LogP contribution in [0.5, 0.6) is 5.75 Å². The average molecular weight is 656 g/mol. The minimum Gasteiger partial charge on any atom is -0.484 e. The van der Waals surface area contributed by atoms with E-state index in [1.54, 1.807) is 29.2 Å². The van der Waals surface area contributed by atoms with E-state index in [4.69, 9.17) is 4.74 Å². The molecule has 0 spiro atoms. The van der Waals surface area contributed by atoms with E-state index in [9.17, 15) is 38.2 Å². The third-order valence-electron chi connectivity index (χ3n) is 7.22. The summed E-state index contributed by atoms with van der Waals surface area (Å²) < 4.78 is 32.4. The molecule has 0 radical (unpaired) electrons. The van der Waals surface area contributed by atoms with Crippen LogP contribution in [0.1, 0.15) is 43.5 Å². The van der Waals surface area contributed by atoms with Crippen molar-refractivity contribution in [1.29, 1.82) is 0 Å². The maximum absolute atomic E-state index is 13.6. The zero-order valence-corrected chi connectivity index (χ0v) is 26.0. The topological polar surface area (TPSA) is 145 Å². The highest BCUT2D eigenvalue weighted by Gasteiger charge is 2.49. The fourth-order valence-corrected chi connectivity index (χ4v) is 6.19. The maximum Gasteiger partial charge on any atom is 0.326 e. The molecule has 1 heterocycles. The zero-order valence-electron chi connectivity index (χ0n) is 25.2. The number of hydrogen-bond acceptors (Lipinski definition) is 7. The number of β-lactam (4-membered cyclic amide) rings is 1. The monoisotopic (exact) mass is 655 g/mol. The van der Waals surface area contributed by atoms with E-state index in [2.05, 4.69) is 10.6 Å². The van der Waals surface area contributed by atoms with Gasteiger partial charge in [-0.1, -0.05) is 38.1 Å². The van der Waals surface area contributed by atoms with Crippen LogP contribution in [0.3, 0.4) is 0 Å². The zero-order chi connectivity index (χ0) is 33.4. The summed E-state index contributed by atoms with van der Waals surface area (Å²) in [6.07, 6.45) is -0.673. The van der Waals surface area contributed by atoms with Crippen LogP contribution in [0.4, 0.5) is 14.5 Å². The number of benzene rings is 3. The second-order valence-electron chi connectivity index (χ2n) is 11.2. The number of aliphatic hydroxyl groups is 1. The normalized spacial score (nSPS) is 17.2. The average Bonchev–Trinajstić information content (AvgIpc) is 3.02. The van der Waals surface area contributed by atoms with Crippen LogP contribution >= 0.6 is 11.8 Å². The molecule has 4 rings (SSSR count). The van der Waals surface area contributed by atoms with Gasteiger partial charge in [0.25, 0.3) is 5.91 Å². The van der Waals surface area contributed by atoms with Gasteiger partial charge >= 0.3 is 5.97 Å². The number of carbonyl (C=O) groups excluding carboxylic acids is 3. The number of rotatable bonds is 15. The highest BCUT2D eigenvalue weighted by atomic mass is 32.2. The summed E-state index contributed by atoms with van der Waals surface area (Å²) in [7, 11) is 0. The third kappa shape index (κ3) is 9.04. The van der Waals surface area contributed by atoms with Crippen LogP contribution in [0.2, 0.25) is 0 Å². The van der Waals surface area contributed by atoms with Crippen LogP contribution in [-0.2, 0) is 19.2 Å². The van der Waals surface area contributed by atoms with Crippen LogP contribution in [0.15, 0.2) is 72.8 Å². The number of ether oxygens (including phenoxy) is 1. The number of nitrogens with one attached hydrogen (secondary N) is 2. The highest BCUT2D eigenvalue weighted by Crippen LogP contribution is 2.46. The lowest BCUT2D eigenvalue weighted by Gasteiger charge is -2.47. The number of nitrogens with zero attached hydrogens (tertiary/aromatic N) is 1. The van der Waals surface area contributed by atoms with Crippen molar-refractivity contribution in [3.63, 3.8) is 0 Å². The molecule has 1 unspecified atom stereocenters. The lowest BCUT2D eigenvalue weighted by molar-refractivity contribution is -0.142. The first-order chi connectivity index (χ1) is 21.9. The summed E-state index contributed by atoms with van der Waals surface area (Å²) in [4.78, 5) is 50.5. The van der Waals surface area contributed by atoms with E-state index in [0.717, 1.165) is 5.56 Å². The highest BCUT2D eigenvalue weighted by molar-refractivity contribution is 8.00. The van der Waals surface area contributed by atoms with Crippen molar-refractivity contribution >= 4 is 41.1 Å².